The number of halogens is 1. The Hall–Kier alpha value is -2.66. The topological polar surface area (TPSA) is 48.0 Å². The Morgan fingerprint density at radius 2 is 1.96 bits per heavy atom. The second-order valence-electron chi connectivity index (χ2n) is 5.74. The van der Waals surface area contributed by atoms with E-state index in [1.807, 2.05) is 37.3 Å². The van der Waals surface area contributed by atoms with Crippen molar-refractivity contribution >= 4 is 23.6 Å². The normalized spacial score (nSPS) is 10.7. The molecule has 0 N–H and O–H groups in total. The van der Waals surface area contributed by atoms with E-state index >= 15 is 0 Å². The SMILES string of the molecule is CCOc1ccc(/C=C/C(=O)N(C)CCOc2cccc(Cl)c2)cc1OC. The van der Waals surface area contributed by atoms with Gasteiger partial charge in [-0.05, 0) is 48.9 Å². The highest BCUT2D eigenvalue weighted by molar-refractivity contribution is 6.30. The van der Waals surface area contributed by atoms with Gasteiger partial charge in [-0.15, -0.1) is 0 Å². The van der Waals surface area contributed by atoms with Gasteiger partial charge in [-0.1, -0.05) is 23.7 Å². The number of carbonyl (C=O) groups excluding carboxylic acids is 1. The van der Waals surface area contributed by atoms with Crippen molar-refractivity contribution in [2.75, 3.05) is 33.9 Å². The predicted octanol–water partition coefficient (Wildman–Crippen LogP) is 4.30. The summed E-state index contributed by atoms with van der Waals surface area (Å²) in [5.74, 6) is 1.88. The molecule has 0 saturated carbocycles. The first-order valence-corrected chi connectivity index (χ1v) is 9.03. The van der Waals surface area contributed by atoms with Crippen LogP contribution in [0.1, 0.15) is 12.5 Å². The van der Waals surface area contributed by atoms with Crippen LogP contribution < -0.4 is 14.2 Å². The Morgan fingerprint density at radius 3 is 2.67 bits per heavy atom. The molecule has 0 aliphatic heterocycles. The second-order valence-corrected chi connectivity index (χ2v) is 6.18. The van der Waals surface area contributed by atoms with Crippen LogP contribution in [0.2, 0.25) is 5.02 Å². The van der Waals surface area contributed by atoms with E-state index in [4.69, 9.17) is 25.8 Å². The van der Waals surface area contributed by atoms with Gasteiger partial charge in [0.1, 0.15) is 12.4 Å². The van der Waals surface area contributed by atoms with Gasteiger partial charge in [0.05, 0.1) is 20.3 Å². The first-order valence-electron chi connectivity index (χ1n) is 8.66. The second kappa shape index (κ2) is 10.5. The molecule has 0 spiro atoms. The van der Waals surface area contributed by atoms with Crippen molar-refractivity contribution in [1.82, 2.24) is 4.90 Å². The number of rotatable bonds is 9. The van der Waals surface area contributed by atoms with Gasteiger partial charge in [-0.3, -0.25) is 4.79 Å². The number of benzene rings is 2. The third-order valence-electron chi connectivity index (χ3n) is 3.77. The van der Waals surface area contributed by atoms with E-state index in [1.165, 1.54) is 6.08 Å². The maximum absolute atomic E-state index is 12.2. The molecule has 2 aromatic rings. The molecule has 0 heterocycles. The molecule has 0 bridgehead atoms. The maximum Gasteiger partial charge on any atom is 0.246 e. The summed E-state index contributed by atoms with van der Waals surface area (Å²) < 4.78 is 16.4. The number of carbonyl (C=O) groups is 1. The van der Waals surface area contributed by atoms with E-state index in [9.17, 15) is 4.79 Å². The summed E-state index contributed by atoms with van der Waals surface area (Å²) in [5.41, 5.74) is 0.854. The van der Waals surface area contributed by atoms with Crippen LogP contribution in [0.3, 0.4) is 0 Å². The van der Waals surface area contributed by atoms with Crippen LogP contribution in [0.4, 0.5) is 0 Å². The van der Waals surface area contributed by atoms with E-state index in [0.717, 1.165) is 5.56 Å². The molecule has 144 valence electrons. The van der Waals surface area contributed by atoms with Crippen LogP contribution in [0.25, 0.3) is 6.08 Å². The summed E-state index contributed by atoms with van der Waals surface area (Å²) in [7, 11) is 3.32. The van der Waals surface area contributed by atoms with E-state index in [1.54, 1.807) is 37.3 Å². The van der Waals surface area contributed by atoms with E-state index in [2.05, 4.69) is 0 Å². The maximum atomic E-state index is 12.2. The van der Waals surface area contributed by atoms with E-state index in [-0.39, 0.29) is 5.91 Å². The Morgan fingerprint density at radius 1 is 1.15 bits per heavy atom. The summed E-state index contributed by atoms with van der Waals surface area (Å²) in [6, 6.07) is 12.7. The molecule has 1 amide bonds. The number of hydrogen-bond acceptors (Lipinski definition) is 4. The minimum Gasteiger partial charge on any atom is -0.493 e. The Labute approximate surface area is 165 Å². The zero-order valence-corrected chi connectivity index (χ0v) is 16.5. The fourth-order valence-electron chi connectivity index (χ4n) is 2.32. The van der Waals surface area contributed by atoms with Crippen LogP contribution in [0.15, 0.2) is 48.5 Å². The summed E-state index contributed by atoms with van der Waals surface area (Å²) in [6.07, 6.45) is 3.27. The molecule has 2 aromatic carbocycles. The van der Waals surface area contributed by atoms with Crippen molar-refractivity contribution in [3.05, 3.63) is 59.1 Å². The summed E-state index contributed by atoms with van der Waals surface area (Å²) in [6.45, 7) is 3.32. The minimum absolute atomic E-state index is 0.113. The van der Waals surface area contributed by atoms with Gasteiger partial charge in [-0.25, -0.2) is 0 Å². The molecule has 0 fully saturated rings. The van der Waals surface area contributed by atoms with Crippen LogP contribution in [-0.2, 0) is 4.79 Å². The van der Waals surface area contributed by atoms with Crippen LogP contribution in [-0.4, -0.2) is 44.7 Å². The van der Waals surface area contributed by atoms with Gasteiger partial charge in [0.2, 0.25) is 5.91 Å². The highest BCUT2D eigenvalue weighted by Gasteiger charge is 2.07. The molecule has 0 aliphatic rings. The lowest BCUT2D eigenvalue weighted by Gasteiger charge is -2.15. The van der Waals surface area contributed by atoms with Crippen molar-refractivity contribution in [2.24, 2.45) is 0 Å². The molecule has 6 heteroatoms. The summed E-state index contributed by atoms with van der Waals surface area (Å²) in [4.78, 5) is 13.8. The third-order valence-corrected chi connectivity index (χ3v) is 4.01. The average molecular weight is 390 g/mol. The van der Waals surface area contributed by atoms with E-state index < -0.39 is 0 Å². The first kappa shape index (κ1) is 20.6. The summed E-state index contributed by atoms with van der Waals surface area (Å²) >= 11 is 5.91. The highest BCUT2D eigenvalue weighted by atomic mass is 35.5. The summed E-state index contributed by atoms with van der Waals surface area (Å²) in [5, 5.41) is 0.616. The lowest BCUT2D eigenvalue weighted by Crippen LogP contribution is -2.29. The van der Waals surface area contributed by atoms with E-state index in [0.29, 0.717) is 42.0 Å². The molecule has 2 rings (SSSR count). The van der Waals surface area contributed by atoms with Gasteiger partial charge in [0.25, 0.3) is 0 Å². The number of methoxy groups -OCH3 is 1. The molecule has 0 atom stereocenters. The van der Waals surface area contributed by atoms with Crippen molar-refractivity contribution < 1.29 is 19.0 Å². The third kappa shape index (κ3) is 6.53. The number of likely N-dealkylation sites (N-methyl/N-ethyl adjacent to an activating group) is 1. The molecule has 27 heavy (non-hydrogen) atoms. The molecular weight excluding hydrogens is 366 g/mol. The number of amides is 1. The lowest BCUT2D eigenvalue weighted by molar-refractivity contribution is -0.125. The predicted molar refractivity (Wildman–Crippen MR) is 108 cm³/mol. The zero-order chi connectivity index (χ0) is 19.6. The van der Waals surface area contributed by atoms with Crippen LogP contribution in [0, 0.1) is 0 Å². The van der Waals surface area contributed by atoms with Crippen molar-refractivity contribution in [2.45, 2.75) is 6.92 Å². The Bertz CT molecular complexity index is 792. The lowest BCUT2D eigenvalue weighted by atomic mass is 10.2. The van der Waals surface area contributed by atoms with Gasteiger partial charge >= 0.3 is 0 Å². The molecular formula is C21H24ClNO4. The van der Waals surface area contributed by atoms with Gasteiger partial charge in [0.15, 0.2) is 11.5 Å². The zero-order valence-electron chi connectivity index (χ0n) is 15.8. The fourth-order valence-corrected chi connectivity index (χ4v) is 2.51. The quantitative estimate of drug-likeness (QED) is 0.600. The highest BCUT2D eigenvalue weighted by Crippen LogP contribution is 2.28. The van der Waals surface area contributed by atoms with Crippen LogP contribution >= 0.6 is 11.6 Å². The Kier molecular flexibility index (Phi) is 8.01. The van der Waals surface area contributed by atoms with Crippen molar-refractivity contribution in [3.63, 3.8) is 0 Å². The van der Waals surface area contributed by atoms with Gasteiger partial charge < -0.3 is 19.1 Å². The molecule has 0 unspecified atom stereocenters. The smallest absolute Gasteiger partial charge is 0.246 e. The largest absolute Gasteiger partial charge is 0.493 e. The Balaban J connectivity index is 1.87. The van der Waals surface area contributed by atoms with Crippen LogP contribution in [0.5, 0.6) is 17.2 Å². The van der Waals surface area contributed by atoms with Crippen molar-refractivity contribution in [3.8, 4) is 17.2 Å². The molecule has 0 radical (unpaired) electrons. The monoisotopic (exact) mass is 389 g/mol. The molecule has 0 aromatic heterocycles. The number of nitrogens with zero attached hydrogens (tertiary/aromatic N) is 1. The minimum atomic E-state index is -0.113. The fraction of sp³-hybridized carbons (Fsp3) is 0.286. The molecule has 0 aliphatic carbocycles. The van der Waals surface area contributed by atoms with Crippen molar-refractivity contribution in [1.29, 1.82) is 0 Å². The standard InChI is InChI=1S/C21H24ClNO4/c1-4-26-19-10-8-16(14-20(19)25-3)9-11-21(24)23(2)12-13-27-18-7-5-6-17(22)15-18/h5-11,14-15H,4,12-13H2,1-3H3/b11-9+. The van der Waals surface area contributed by atoms with Gasteiger partial charge in [-0.2, -0.15) is 0 Å². The number of hydrogen-bond donors (Lipinski definition) is 0. The molecule has 5 nitrogen and oxygen atoms in total. The number of ether oxygens (including phenoxy) is 3. The van der Waals surface area contributed by atoms with Gasteiger partial charge in [0, 0.05) is 18.1 Å². The molecule has 0 saturated heterocycles. The first-order chi connectivity index (χ1) is 13.0. The average Bonchev–Trinajstić information content (AvgIpc) is 2.67.